The molecule has 0 unspecified atom stereocenters. The number of anilines is 1. The lowest BCUT2D eigenvalue weighted by Gasteiger charge is -2.09. The van der Waals surface area contributed by atoms with E-state index in [4.69, 9.17) is 14.2 Å². The zero-order valence-electron chi connectivity index (χ0n) is 15.8. The van der Waals surface area contributed by atoms with Crippen molar-refractivity contribution in [1.29, 1.82) is 0 Å². The molecule has 2 heterocycles. The molecular weight excluding hydrogens is 374 g/mol. The normalized spacial score (nSPS) is 11.9. The fourth-order valence-corrected chi connectivity index (χ4v) is 2.91. The molecule has 0 saturated carbocycles. The van der Waals surface area contributed by atoms with Gasteiger partial charge in [-0.05, 0) is 55.5 Å². The lowest BCUT2D eigenvalue weighted by atomic mass is 10.1. The van der Waals surface area contributed by atoms with Crippen molar-refractivity contribution in [3.63, 3.8) is 0 Å². The van der Waals surface area contributed by atoms with Gasteiger partial charge in [-0.3, -0.25) is 9.59 Å². The Bertz CT molecular complexity index is 1090. The van der Waals surface area contributed by atoms with Crippen molar-refractivity contribution in [2.24, 2.45) is 0 Å². The summed E-state index contributed by atoms with van der Waals surface area (Å²) in [7, 11) is 0. The van der Waals surface area contributed by atoms with Gasteiger partial charge in [0.15, 0.2) is 11.5 Å². The molecule has 2 aromatic carbocycles. The number of carbonyl (C=O) groups is 1. The predicted octanol–water partition coefficient (Wildman–Crippen LogP) is 2.68. The summed E-state index contributed by atoms with van der Waals surface area (Å²) in [6, 6.07) is 15.4. The molecule has 1 aliphatic heterocycles. The first kappa shape index (κ1) is 18.5. The molecule has 0 aliphatic carbocycles. The van der Waals surface area contributed by atoms with Gasteiger partial charge >= 0.3 is 0 Å². The Morgan fingerprint density at radius 1 is 1.10 bits per heavy atom. The lowest BCUT2D eigenvalue weighted by Crippen LogP contribution is -2.29. The number of fused-ring (bicyclic) bond motifs is 1. The number of amides is 1. The molecule has 3 aromatic rings. The first-order valence-corrected chi connectivity index (χ1v) is 9.13. The van der Waals surface area contributed by atoms with Crippen LogP contribution in [0.2, 0.25) is 0 Å². The highest BCUT2D eigenvalue weighted by Crippen LogP contribution is 2.35. The highest BCUT2D eigenvalue weighted by Gasteiger charge is 2.15. The van der Waals surface area contributed by atoms with Crippen molar-refractivity contribution in [3.05, 3.63) is 65.0 Å². The Morgan fingerprint density at radius 3 is 2.69 bits per heavy atom. The Hall–Kier alpha value is -3.81. The second-order valence-corrected chi connectivity index (χ2v) is 6.29. The van der Waals surface area contributed by atoms with Crippen LogP contribution in [0.3, 0.4) is 0 Å². The average molecular weight is 393 g/mol. The van der Waals surface area contributed by atoms with E-state index in [1.807, 2.05) is 13.0 Å². The molecule has 0 fully saturated rings. The Labute approximate surface area is 166 Å². The maximum absolute atomic E-state index is 12.4. The van der Waals surface area contributed by atoms with Gasteiger partial charge in [-0.25, -0.2) is 4.68 Å². The average Bonchev–Trinajstić information content (AvgIpc) is 3.19. The van der Waals surface area contributed by atoms with Crippen LogP contribution in [0.5, 0.6) is 17.2 Å². The fourth-order valence-electron chi connectivity index (χ4n) is 2.91. The third kappa shape index (κ3) is 4.21. The molecule has 1 N–H and O–H groups in total. The molecule has 1 aromatic heterocycles. The van der Waals surface area contributed by atoms with Crippen molar-refractivity contribution in [2.75, 3.05) is 18.7 Å². The van der Waals surface area contributed by atoms with Gasteiger partial charge in [-0.1, -0.05) is 0 Å². The minimum Gasteiger partial charge on any atom is -0.494 e. The standard InChI is InChI=1S/C21H19N3O5/c1-2-27-16-6-4-15(5-7-16)22-20(25)12-24-21(26)10-8-17(23-24)14-3-9-18-19(11-14)29-13-28-18/h3-11H,2,12-13H2,1H3,(H,22,25). The van der Waals surface area contributed by atoms with Crippen LogP contribution in [0, 0.1) is 0 Å². The summed E-state index contributed by atoms with van der Waals surface area (Å²) in [4.78, 5) is 24.5. The van der Waals surface area contributed by atoms with Gasteiger partial charge in [0.2, 0.25) is 12.7 Å². The molecule has 0 radical (unpaired) electrons. The van der Waals surface area contributed by atoms with Gasteiger partial charge in [0.1, 0.15) is 12.3 Å². The number of nitrogens with one attached hydrogen (secondary N) is 1. The maximum atomic E-state index is 12.4. The van der Waals surface area contributed by atoms with E-state index in [0.717, 1.165) is 16.0 Å². The molecule has 0 bridgehead atoms. The largest absolute Gasteiger partial charge is 0.494 e. The monoisotopic (exact) mass is 393 g/mol. The highest BCUT2D eigenvalue weighted by atomic mass is 16.7. The predicted molar refractivity (Wildman–Crippen MR) is 106 cm³/mol. The number of hydrogen-bond donors (Lipinski definition) is 1. The third-order valence-corrected chi connectivity index (χ3v) is 4.28. The lowest BCUT2D eigenvalue weighted by molar-refractivity contribution is -0.117. The van der Waals surface area contributed by atoms with Gasteiger partial charge in [0, 0.05) is 17.3 Å². The molecule has 1 amide bonds. The summed E-state index contributed by atoms with van der Waals surface area (Å²) in [6.45, 7) is 2.44. The number of rotatable bonds is 6. The number of hydrogen-bond acceptors (Lipinski definition) is 6. The van der Waals surface area contributed by atoms with Crippen LogP contribution in [0.15, 0.2) is 59.4 Å². The van der Waals surface area contributed by atoms with Crippen molar-refractivity contribution in [2.45, 2.75) is 13.5 Å². The second kappa shape index (κ2) is 8.05. The maximum Gasteiger partial charge on any atom is 0.267 e. The van der Waals surface area contributed by atoms with E-state index in [0.29, 0.717) is 29.5 Å². The van der Waals surface area contributed by atoms with Gasteiger partial charge < -0.3 is 19.5 Å². The van der Waals surface area contributed by atoms with Gasteiger partial charge in [-0.15, -0.1) is 0 Å². The molecule has 8 nitrogen and oxygen atoms in total. The first-order valence-electron chi connectivity index (χ1n) is 9.13. The van der Waals surface area contributed by atoms with Gasteiger partial charge in [0.05, 0.1) is 12.3 Å². The van der Waals surface area contributed by atoms with Crippen molar-refractivity contribution >= 4 is 11.6 Å². The fraction of sp³-hybridized carbons (Fsp3) is 0.190. The number of benzene rings is 2. The second-order valence-electron chi connectivity index (χ2n) is 6.29. The summed E-state index contributed by atoms with van der Waals surface area (Å²) in [6.07, 6.45) is 0. The van der Waals surface area contributed by atoms with Gasteiger partial charge in [-0.2, -0.15) is 5.10 Å². The molecule has 0 spiro atoms. The SMILES string of the molecule is CCOc1ccc(NC(=O)Cn2nc(-c3ccc4c(c3)OCO4)ccc2=O)cc1. The number of ether oxygens (including phenoxy) is 3. The smallest absolute Gasteiger partial charge is 0.267 e. The zero-order chi connectivity index (χ0) is 20.2. The summed E-state index contributed by atoms with van der Waals surface area (Å²) in [5.74, 6) is 1.65. The van der Waals surface area contributed by atoms with E-state index < -0.39 is 0 Å². The van der Waals surface area contributed by atoms with E-state index in [-0.39, 0.29) is 24.8 Å². The molecule has 8 heteroatoms. The van der Waals surface area contributed by atoms with Crippen LogP contribution in [-0.4, -0.2) is 29.1 Å². The van der Waals surface area contributed by atoms with Crippen LogP contribution >= 0.6 is 0 Å². The first-order chi connectivity index (χ1) is 14.1. The minimum atomic E-state index is -0.365. The molecule has 0 saturated heterocycles. The van der Waals surface area contributed by atoms with E-state index in [1.165, 1.54) is 6.07 Å². The molecule has 29 heavy (non-hydrogen) atoms. The number of nitrogens with zero attached hydrogens (tertiary/aromatic N) is 2. The Balaban J connectivity index is 1.49. The molecule has 4 rings (SSSR count). The Kier molecular flexibility index (Phi) is 5.15. The van der Waals surface area contributed by atoms with Crippen LogP contribution in [0.25, 0.3) is 11.3 Å². The topological polar surface area (TPSA) is 91.7 Å². The van der Waals surface area contributed by atoms with Gasteiger partial charge in [0.25, 0.3) is 5.56 Å². The summed E-state index contributed by atoms with van der Waals surface area (Å²) >= 11 is 0. The van der Waals surface area contributed by atoms with Crippen LogP contribution in [-0.2, 0) is 11.3 Å². The highest BCUT2D eigenvalue weighted by molar-refractivity contribution is 5.90. The molecule has 0 atom stereocenters. The molecule has 1 aliphatic rings. The Morgan fingerprint density at radius 2 is 1.90 bits per heavy atom. The summed E-state index contributed by atoms with van der Waals surface area (Å²) in [5, 5.41) is 7.06. The summed E-state index contributed by atoms with van der Waals surface area (Å²) in [5.41, 5.74) is 1.56. The van der Waals surface area contributed by atoms with Crippen LogP contribution in [0.1, 0.15) is 6.92 Å². The molecule has 148 valence electrons. The van der Waals surface area contributed by atoms with E-state index in [2.05, 4.69) is 10.4 Å². The van der Waals surface area contributed by atoms with Crippen molar-refractivity contribution < 1.29 is 19.0 Å². The quantitative estimate of drug-likeness (QED) is 0.692. The number of aromatic nitrogens is 2. The molecular formula is C21H19N3O5. The summed E-state index contributed by atoms with van der Waals surface area (Å²) < 4.78 is 17.2. The van der Waals surface area contributed by atoms with E-state index in [1.54, 1.807) is 42.5 Å². The van der Waals surface area contributed by atoms with E-state index in [9.17, 15) is 9.59 Å². The van der Waals surface area contributed by atoms with Crippen molar-refractivity contribution in [3.8, 4) is 28.5 Å². The number of carbonyl (C=O) groups excluding carboxylic acids is 1. The zero-order valence-corrected chi connectivity index (χ0v) is 15.8. The minimum absolute atomic E-state index is 0.178. The van der Waals surface area contributed by atoms with Crippen LogP contribution < -0.4 is 25.1 Å². The van der Waals surface area contributed by atoms with Crippen molar-refractivity contribution in [1.82, 2.24) is 9.78 Å². The third-order valence-electron chi connectivity index (χ3n) is 4.28. The van der Waals surface area contributed by atoms with E-state index >= 15 is 0 Å². The van der Waals surface area contributed by atoms with Crippen LogP contribution in [0.4, 0.5) is 5.69 Å².